The van der Waals surface area contributed by atoms with Gasteiger partial charge < -0.3 is 24.8 Å². The zero-order valence-electron chi connectivity index (χ0n) is 22.3. The van der Waals surface area contributed by atoms with E-state index in [1.807, 2.05) is 0 Å². The first kappa shape index (κ1) is 29.0. The molecule has 3 aromatic carbocycles. The van der Waals surface area contributed by atoms with Crippen molar-refractivity contribution in [2.24, 2.45) is 0 Å². The van der Waals surface area contributed by atoms with Gasteiger partial charge in [-0.2, -0.15) is 13.2 Å². The van der Waals surface area contributed by atoms with E-state index in [1.54, 1.807) is 24.4 Å². The number of rotatable bonds is 9. The standard InChI is InChI=1S/C29H27F4N5O4/c30-23-16-21(36-28(39)35-20-4-1-3-19(15-20)29(31,32)33)5-8-26(23)42-22-6-7-24-25(17-22)37-27(18-34-24)41-12-2-9-38-10-13-40-14-11-38/h1,3-8,15-18H,2,9-14H2,(H2,35,36,39). The van der Waals surface area contributed by atoms with Crippen molar-refractivity contribution in [1.29, 1.82) is 0 Å². The maximum atomic E-state index is 14.8. The lowest BCUT2D eigenvalue weighted by Crippen LogP contribution is -2.37. The Kier molecular flexibility index (Phi) is 8.98. The number of benzene rings is 3. The van der Waals surface area contributed by atoms with Crippen molar-refractivity contribution < 1.29 is 36.6 Å². The monoisotopic (exact) mass is 585 g/mol. The van der Waals surface area contributed by atoms with Gasteiger partial charge in [0.25, 0.3) is 0 Å². The van der Waals surface area contributed by atoms with Gasteiger partial charge >= 0.3 is 12.2 Å². The number of urea groups is 1. The van der Waals surface area contributed by atoms with Crippen LogP contribution < -0.4 is 20.1 Å². The molecule has 0 radical (unpaired) electrons. The Hall–Kier alpha value is -4.49. The van der Waals surface area contributed by atoms with Gasteiger partial charge in [-0.3, -0.25) is 4.90 Å². The first-order valence-corrected chi connectivity index (χ1v) is 13.2. The van der Waals surface area contributed by atoms with E-state index >= 15 is 0 Å². The van der Waals surface area contributed by atoms with Gasteiger partial charge in [0.05, 0.1) is 42.6 Å². The lowest BCUT2D eigenvalue weighted by Gasteiger charge is -2.26. The molecule has 1 aromatic heterocycles. The minimum absolute atomic E-state index is 0.0660. The van der Waals surface area contributed by atoms with Crippen molar-refractivity contribution in [2.75, 3.05) is 50.1 Å². The van der Waals surface area contributed by atoms with Gasteiger partial charge in [-0.15, -0.1) is 0 Å². The number of ether oxygens (including phenoxy) is 3. The van der Waals surface area contributed by atoms with Gasteiger partial charge in [0, 0.05) is 43.1 Å². The van der Waals surface area contributed by atoms with E-state index in [1.165, 1.54) is 24.3 Å². The van der Waals surface area contributed by atoms with Crippen LogP contribution in [0, 0.1) is 5.82 Å². The third-order valence-corrected chi connectivity index (χ3v) is 6.33. The zero-order valence-corrected chi connectivity index (χ0v) is 22.3. The molecule has 2 N–H and O–H groups in total. The number of fused-ring (bicyclic) bond motifs is 1. The molecule has 0 saturated carbocycles. The van der Waals surface area contributed by atoms with E-state index in [0.29, 0.717) is 29.3 Å². The number of hydrogen-bond donors (Lipinski definition) is 2. The number of carbonyl (C=O) groups excluding carboxylic acids is 1. The first-order valence-electron chi connectivity index (χ1n) is 13.2. The number of nitrogens with zero attached hydrogens (tertiary/aromatic N) is 3. The molecule has 2 amide bonds. The van der Waals surface area contributed by atoms with Crippen molar-refractivity contribution in [2.45, 2.75) is 12.6 Å². The second kappa shape index (κ2) is 13.0. The molecule has 9 nitrogen and oxygen atoms in total. The molecule has 0 bridgehead atoms. The van der Waals surface area contributed by atoms with Crippen LogP contribution in [0.4, 0.5) is 33.7 Å². The molecule has 13 heteroatoms. The molecule has 0 spiro atoms. The topological polar surface area (TPSA) is 97.8 Å². The molecular formula is C29H27F4N5O4. The maximum Gasteiger partial charge on any atom is 0.416 e. The molecule has 1 aliphatic heterocycles. The van der Waals surface area contributed by atoms with Crippen LogP contribution in [-0.4, -0.2) is 60.4 Å². The van der Waals surface area contributed by atoms with Crippen molar-refractivity contribution in [3.05, 3.63) is 78.2 Å². The number of hydrogen-bond acceptors (Lipinski definition) is 7. The van der Waals surface area contributed by atoms with Gasteiger partial charge in [-0.1, -0.05) is 6.07 Å². The lowest BCUT2D eigenvalue weighted by molar-refractivity contribution is -0.137. The van der Waals surface area contributed by atoms with E-state index in [0.717, 1.165) is 57.5 Å². The SMILES string of the molecule is O=C(Nc1cccc(C(F)(F)F)c1)Nc1ccc(Oc2ccc3ncc(OCCCN4CCOCC4)nc3c2)c(F)c1. The predicted octanol–water partition coefficient (Wildman–Crippen LogP) is 6.33. The summed E-state index contributed by atoms with van der Waals surface area (Å²) in [6, 6.07) is 12.0. The fourth-order valence-electron chi connectivity index (χ4n) is 4.25. The lowest BCUT2D eigenvalue weighted by atomic mass is 10.2. The zero-order chi connectivity index (χ0) is 29.5. The number of amides is 2. The quantitative estimate of drug-likeness (QED) is 0.175. The highest BCUT2D eigenvalue weighted by atomic mass is 19.4. The average Bonchev–Trinajstić information content (AvgIpc) is 2.97. The third-order valence-electron chi connectivity index (χ3n) is 6.33. The predicted molar refractivity (Wildman–Crippen MR) is 147 cm³/mol. The van der Waals surface area contributed by atoms with Gasteiger partial charge in [-0.05, 0) is 48.9 Å². The fraction of sp³-hybridized carbons (Fsp3) is 0.276. The number of nitrogens with one attached hydrogen (secondary N) is 2. The van der Waals surface area contributed by atoms with E-state index < -0.39 is 23.6 Å². The van der Waals surface area contributed by atoms with Gasteiger partial charge in [0.2, 0.25) is 5.88 Å². The Morgan fingerprint density at radius 3 is 2.52 bits per heavy atom. The molecular weight excluding hydrogens is 558 g/mol. The number of anilines is 2. The highest BCUT2D eigenvalue weighted by molar-refractivity contribution is 5.99. The van der Waals surface area contributed by atoms with E-state index in [2.05, 4.69) is 25.5 Å². The number of alkyl halides is 3. The molecule has 220 valence electrons. The second-order valence-corrected chi connectivity index (χ2v) is 9.42. The minimum Gasteiger partial charge on any atom is -0.477 e. The summed E-state index contributed by atoms with van der Waals surface area (Å²) in [4.78, 5) is 23.4. The van der Waals surface area contributed by atoms with Crippen molar-refractivity contribution in [3.8, 4) is 17.4 Å². The van der Waals surface area contributed by atoms with Gasteiger partial charge in [0.1, 0.15) is 5.75 Å². The molecule has 0 aliphatic carbocycles. The average molecular weight is 586 g/mol. The smallest absolute Gasteiger partial charge is 0.416 e. The number of morpholine rings is 1. The maximum absolute atomic E-state index is 14.8. The Morgan fingerprint density at radius 2 is 1.76 bits per heavy atom. The summed E-state index contributed by atoms with van der Waals surface area (Å²) in [5.41, 5.74) is 0.210. The molecule has 0 unspecified atom stereocenters. The Bertz CT molecular complexity index is 1550. The molecule has 2 heterocycles. The Morgan fingerprint density at radius 1 is 0.976 bits per heavy atom. The van der Waals surface area contributed by atoms with Crippen LogP contribution in [0.5, 0.6) is 17.4 Å². The molecule has 42 heavy (non-hydrogen) atoms. The van der Waals surface area contributed by atoms with Crippen LogP contribution in [0.2, 0.25) is 0 Å². The molecule has 4 aromatic rings. The Balaban J connectivity index is 1.17. The summed E-state index contributed by atoms with van der Waals surface area (Å²) in [5.74, 6) is -0.202. The summed E-state index contributed by atoms with van der Waals surface area (Å²) in [6.07, 6.45) is -2.17. The second-order valence-electron chi connectivity index (χ2n) is 9.42. The fourth-order valence-corrected chi connectivity index (χ4v) is 4.25. The third kappa shape index (κ3) is 7.83. The summed E-state index contributed by atoms with van der Waals surface area (Å²) >= 11 is 0. The molecule has 1 aliphatic rings. The van der Waals surface area contributed by atoms with E-state index in [-0.39, 0.29) is 17.1 Å². The summed E-state index contributed by atoms with van der Waals surface area (Å²) in [7, 11) is 0. The Labute approximate surface area is 238 Å². The van der Waals surface area contributed by atoms with Crippen LogP contribution in [0.1, 0.15) is 12.0 Å². The minimum atomic E-state index is -4.55. The van der Waals surface area contributed by atoms with Gasteiger partial charge in [0.15, 0.2) is 11.6 Å². The molecule has 0 atom stereocenters. The summed E-state index contributed by atoms with van der Waals surface area (Å²) in [6.45, 7) is 4.71. The van der Waals surface area contributed by atoms with Crippen molar-refractivity contribution >= 4 is 28.4 Å². The van der Waals surface area contributed by atoms with Crippen LogP contribution >= 0.6 is 0 Å². The largest absolute Gasteiger partial charge is 0.477 e. The normalized spacial score (nSPS) is 14.0. The first-order chi connectivity index (χ1) is 20.2. The molecule has 5 rings (SSSR count). The van der Waals surface area contributed by atoms with Gasteiger partial charge in [-0.25, -0.2) is 19.2 Å². The van der Waals surface area contributed by atoms with Crippen molar-refractivity contribution in [3.63, 3.8) is 0 Å². The van der Waals surface area contributed by atoms with Crippen LogP contribution in [0.15, 0.2) is 66.9 Å². The van der Waals surface area contributed by atoms with Crippen molar-refractivity contribution in [1.82, 2.24) is 14.9 Å². The van der Waals surface area contributed by atoms with E-state index in [4.69, 9.17) is 14.2 Å². The number of halogens is 4. The number of carbonyl (C=O) groups is 1. The summed E-state index contributed by atoms with van der Waals surface area (Å²) < 4.78 is 70.3. The van der Waals surface area contributed by atoms with Crippen LogP contribution in [0.3, 0.4) is 0 Å². The van der Waals surface area contributed by atoms with Crippen LogP contribution in [-0.2, 0) is 10.9 Å². The highest BCUT2D eigenvalue weighted by Crippen LogP contribution is 2.31. The van der Waals surface area contributed by atoms with E-state index in [9.17, 15) is 22.4 Å². The number of aromatic nitrogens is 2. The molecule has 1 fully saturated rings. The summed E-state index contributed by atoms with van der Waals surface area (Å²) in [5, 5.41) is 4.68. The highest BCUT2D eigenvalue weighted by Gasteiger charge is 2.30. The molecule has 1 saturated heterocycles. The van der Waals surface area contributed by atoms with Crippen LogP contribution in [0.25, 0.3) is 11.0 Å².